The Balaban J connectivity index is 3.53. The van der Waals surface area contributed by atoms with E-state index in [4.69, 9.17) is 0 Å². The van der Waals surface area contributed by atoms with Gasteiger partial charge in [-0.2, -0.15) is 23.5 Å². The maximum Gasteiger partial charge on any atom is 0.0265 e. The lowest BCUT2D eigenvalue weighted by Crippen LogP contribution is -2.26. The topological polar surface area (TPSA) is 3.24 Å². The van der Waals surface area contributed by atoms with Crippen LogP contribution in [0.4, 0.5) is 0 Å². The molecule has 0 heterocycles. The number of rotatable bonds is 39. The van der Waals surface area contributed by atoms with E-state index < -0.39 is 0 Å². The van der Waals surface area contributed by atoms with Crippen LogP contribution in [0.25, 0.3) is 0 Å². The van der Waals surface area contributed by atoms with Crippen molar-refractivity contribution in [1.82, 2.24) is 4.90 Å². The Morgan fingerprint density at radius 1 is 0.417 bits per heavy atom. The minimum Gasteiger partial charge on any atom is -0.308 e. The van der Waals surface area contributed by atoms with Crippen LogP contribution in [0.15, 0.2) is 48.6 Å². The van der Waals surface area contributed by atoms with Gasteiger partial charge in [0, 0.05) is 17.5 Å². The van der Waals surface area contributed by atoms with Crippen molar-refractivity contribution in [2.45, 2.75) is 199 Å². The molecule has 0 amide bonds. The molecule has 0 aromatic heterocycles. The number of nitrogens with zero attached hydrogens (tertiary/aromatic N) is 1. The van der Waals surface area contributed by atoms with Gasteiger partial charge in [0.1, 0.15) is 0 Å². The van der Waals surface area contributed by atoms with Crippen molar-refractivity contribution < 1.29 is 0 Å². The van der Waals surface area contributed by atoms with E-state index in [0.717, 1.165) is 18.1 Å². The average molecular weight is 704 g/mol. The highest BCUT2D eigenvalue weighted by molar-refractivity contribution is 8.03. The van der Waals surface area contributed by atoms with Gasteiger partial charge in [-0.15, -0.1) is 0 Å². The molecule has 282 valence electrons. The van der Waals surface area contributed by atoms with E-state index in [1.54, 1.807) is 0 Å². The summed E-state index contributed by atoms with van der Waals surface area (Å²) in [4.78, 5) is 2.39. The number of hydrogen-bond acceptors (Lipinski definition) is 3. The molecule has 0 aliphatic heterocycles. The van der Waals surface area contributed by atoms with Crippen LogP contribution in [0.3, 0.4) is 0 Å². The van der Waals surface area contributed by atoms with Gasteiger partial charge in [0.15, 0.2) is 0 Å². The highest BCUT2D eigenvalue weighted by atomic mass is 32.2. The third-order valence-corrected chi connectivity index (χ3v) is 11.8. The molecule has 0 aromatic rings. The summed E-state index contributed by atoms with van der Waals surface area (Å²) < 4.78 is 0. The number of allylic oxidation sites excluding steroid dienone is 8. The standard InChI is InChI=1S/C45H85NS2/c1-5-7-9-11-13-15-17-19-21-23-25-27-29-31-33-35-37-39-41-47-44-45(43-46(3)4)48-42-40-38-36-34-32-30-28-26-24-22-20-18-16-14-12-10-8-6-2/h13-16,19-22,45H,5-12,17-18,23-44H2,1-4H3/b15-13-,16-14-,21-19-,22-20+. The van der Waals surface area contributed by atoms with Crippen LogP contribution in [0.1, 0.15) is 194 Å². The smallest absolute Gasteiger partial charge is 0.0265 e. The summed E-state index contributed by atoms with van der Waals surface area (Å²) in [6, 6.07) is 0. The molecule has 1 atom stereocenters. The predicted octanol–water partition coefficient (Wildman–Crippen LogP) is 15.6. The van der Waals surface area contributed by atoms with Gasteiger partial charge in [-0.05, 0) is 103 Å². The molecule has 0 spiro atoms. The van der Waals surface area contributed by atoms with Gasteiger partial charge in [0.05, 0.1) is 0 Å². The Morgan fingerprint density at radius 2 is 0.771 bits per heavy atom. The van der Waals surface area contributed by atoms with Crippen molar-refractivity contribution in [3.8, 4) is 0 Å². The first-order valence-corrected chi connectivity index (χ1v) is 23.3. The van der Waals surface area contributed by atoms with Crippen molar-refractivity contribution in [2.24, 2.45) is 0 Å². The summed E-state index contributed by atoms with van der Waals surface area (Å²) in [5.41, 5.74) is 0. The molecular formula is C45H85NS2. The predicted molar refractivity (Wildman–Crippen MR) is 229 cm³/mol. The lowest BCUT2D eigenvalue weighted by atomic mass is 10.1. The molecule has 1 unspecified atom stereocenters. The number of thioether (sulfide) groups is 2. The second kappa shape index (κ2) is 42.8. The van der Waals surface area contributed by atoms with Crippen LogP contribution in [-0.2, 0) is 0 Å². The molecule has 0 aromatic carbocycles. The van der Waals surface area contributed by atoms with Crippen LogP contribution < -0.4 is 0 Å². The molecule has 0 aliphatic carbocycles. The fourth-order valence-electron chi connectivity index (χ4n) is 6.02. The van der Waals surface area contributed by atoms with Crippen LogP contribution >= 0.6 is 23.5 Å². The number of hydrogen-bond donors (Lipinski definition) is 0. The zero-order valence-corrected chi connectivity index (χ0v) is 34.7. The Bertz CT molecular complexity index is 710. The Kier molecular flexibility index (Phi) is 42.4. The van der Waals surface area contributed by atoms with Crippen molar-refractivity contribution >= 4 is 23.5 Å². The third-order valence-electron chi connectivity index (χ3n) is 9.06. The minimum atomic E-state index is 0.794. The fourth-order valence-corrected chi connectivity index (χ4v) is 8.74. The van der Waals surface area contributed by atoms with Crippen molar-refractivity contribution in [2.75, 3.05) is 37.9 Å². The molecule has 0 radical (unpaired) electrons. The normalized spacial score (nSPS) is 13.1. The van der Waals surface area contributed by atoms with E-state index in [9.17, 15) is 0 Å². The fraction of sp³-hybridized carbons (Fsp3) is 0.822. The molecule has 3 heteroatoms. The maximum atomic E-state index is 2.40. The van der Waals surface area contributed by atoms with Crippen LogP contribution in [-0.4, -0.2) is 48.0 Å². The molecule has 0 rings (SSSR count). The summed E-state index contributed by atoms with van der Waals surface area (Å²) >= 11 is 4.47. The quantitative estimate of drug-likeness (QED) is 0.0463. The molecule has 0 saturated carbocycles. The molecule has 0 saturated heterocycles. The van der Waals surface area contributed by atoms with Crippen molar-refractivity contribution in [3.63, 3.8) is 0 Å². The zero-order valence-electron chi connectivity index (χ0n) is 33.1. The molecule has 0 N–H and O–H groups in total. The largest absolute Gasteiger partial charge is 0.308 e. The second-order valence-corrected chi connectivity index (χ2v) is 17.0. The lowest BCUT2D eigenvalue weighted by molar-refractivity contribution is 0.415. The van der Waals surface area contributed by atoms with Gasteiger partial charge < -0.3 is 4.90 Å². The van der Waals surface area contributed by atoms with E-state index in [-0.39, 0.29) is 0 Å². The lowest BCUT2D eigenvalue weighted by Gasteiger charge is -2.20. The number of unbranched alkanes of at least 4 members (excludes halogenated alkanes) is 22. The Labute approximate surface area is 312 Å². The average Bonchev–Trinajstić information content (AvgIpc) is 3.08. The summed E-state index contributed by atoms with van der Waals surface area (Å²) in [7, 11) is 4.49. The Hall–Kier alpha value is -0.380. The summed E-state index contributed by atoms with van der Waals surface area (Å²) in [5.74, 6) is 4.04. The molecule has 0 aliphatic rings. The van der Waals surface area contributed by atoms with E-state index in [1.165, 1.54) is 191 Å². The molecule has 1 nitrogen and oxygen atoms in total. The first-order valence-electron chi connectivity index (χ1n) is 21.1. The second-order valence-electron chi connectivity index (χ2n) is 14.4. The maximum absolute atomic E-state index is 2.40. The van der Waals surface area contributed by atoms with Crippen LogP contribution in [0, 0.1) is 0 Å². The summed E-state index contributed by atoms with van der Waals surface area (Å²) in [5, 5.41) is 0.794. The van der Waals surface area contributed by atoms with E-state index in [0.29, 0.717) is 0 Å². The van der Waals surface area contributed by atoms with Gasteiger partial charge >= 0.3 is 0 Å². The van der Waals surface area contributed by atoms with E-state index in [2.05, 4.69) is 105 Å². The molecular weight excluding hydrogens is 619 g/mol. The first-order chi connectivity index (χ1) is 23.7. The van der Waals surface area contributed by atoms with Gasteiger partial charge in [-0.25, -0.2) is 0 Å². The van der Waals surface area contributed by atoms with Crippen LogP contribution in [0.5, 0.6) is 0 Å². The van der Waals surface area contributed by atoms with E-state index >= 15 is 0 Å². The SMILES string of the molecule is CCCCC/C=C\C/C=C\CCCCCCCCCCSCC(CN(C)C)SCCCCCCCCCC/C=C/C/C=C\CCCCC. The summed E-state index contributed by atoms with van der Waals surface area (Å²) in [6.45, 7) is 5.78. The monoisotopic (exact) mass is 704 g/mol. The van der Waals surface area contributed by atoms with Crippen molar-refractivity contribution in [1.29, 1.82) is 0 Å². The minimum absolute atomic E-state index is 0.794. The zero-order chi connectivity index (χ0) is 34.9. The molecule has 48 heavy (non-hydrogen) atoms. The van der Waals surface area contributed by atoms with Gasteiger partial charge in [-0.1, -0.05) is 165 Å². The Morgan fingerprint density at radius 3 is 1.17 bits per heavy atom. The highest BCUT2D eigenvalue weighted by Gasteiger charge is 2.10. The highest BCUT2D eigenvalue weighted by Crippen LogP contribution is 2.21. The first kappa shape index (κ1) is 47.6. The summed E-state index contributed by atoms with van der Waals surface area (Å²) in [6.07, 6.45) is 57.0. The van der Waals surface area contributed by atoms with Crippen LogP contribution in [0.2, 0.25) is 0 Å². The van der Waals surface area contributed by atoms with Gasteiger partial charge in [-0.3, -0.25) is 0 Å². The van der Waals surface area contributed by atoms with Gasteiger partial charge in [0.25, 0.3) is 0 Å². The van der Waals surface area contributed by atoms with Crippen molar-refractivity contribution in [3.05, 3.63) is 48.6 Å². The molecule has 0 bridgehead atoms. The van der Waals surface area contributed by atoms with Gasteiger partial charge in [0.2, 0.25) is 0 Å². The third kappa shape index (κ3) is 41.8. The van der Waals surface area contributed by atoms with E-state index in [1.807, 2.05) is 0 Å². The molecule has 0 fully saturated rings.